The van der Waals surface area contributed by atoms with Gasteiger partial charge in [0.25, 0.3) is 0 Å². The van der Waals surface area contributed by atoms with Gasteiger partial charge in [-0.3, -0.25) is 4.98 Å². The molecule has 4 nitrogen and oxygen atoms in total. The van der Waals surface area contributed by atoms with E-state index in [-0.39, 0.29) is 0 Å². The van der Waals surface area contributed by atoms with Crippen LogP contribution in [0.15, 0.2) is 42.7 Å². The molecule has 5 heteroatoms. The van der Waals surface area contributed by atoms with E-state index in [9.17, 15) is 0 Å². The Bertz CT molecular complexity index is 675. The van der Waals surface area contributed by atoms with E-state index in [1.165, 1.54) is 11.3 Å². The average molecular weight is 257 g/mol. The summed E-state index contributed by atoms with van der Waals surface area (Å²) in [5, 5.41) is 1.57. The zero-order valence-corrected chi connectivity index (χ0v) is 10.4. The molecule has 0 radical (unpaired) electrons. The van der Waals surface area contributed by atoms with Crippen molar-refractivity contribution in [2.45, 2.75) is 6.61 Å². The van der Waals surface area contributed by atoms with Crippen LogP contribution in [0.3, 0.4) is 0 Å². The highest BCUT2D eigenvalue weighted by molar-refractivity contribution is 7.15. The molecular formula is C13H11N3OS. The molecule has 3 aromatic rings. The van der Waals surface area contributed by atoms with Crippen molar-refractivity contribution in [3.63, 3.8) is 0 Å². The summed E-state index contributed by atoms with van der Waals surface area (Å²) >= 11 is 1.44. The highest BCUT2D eigenvalue weighted by Crippen LogP contribution is 2.25. The summed E-state index contributed by atoms with van der Waals surface area (Å²) in [6.45, 7) is 0.475. The van der Waals surface area contributed by atoms with Crippen LogP contribution in [0.5, 0.6) is 5.75 Å². The molecule has 0 fully saturated rings. The van der Waals surface area contributed by atoms with Crippen LogP contribution < -0.4 is 10.5 Å². The Balaban J connectivity index is 1.86. The van der Waals surface area contributed by atoms with Crippen molar-refractivity contribution in [3.05, 3.63) is 47.6 Å². The fraction of sp³-hybridized carbons (Fsp3) is 0.0769. The number of thiazole rings is 1. The van der Waals surface area contributed by atoms with Crippen LogP contribution >= 0.6 is 11.3 Å². The van der Waals surface area contributed by atoms with E-state index in [0.717, 1.165) is 21.5 Å². The molecule has 90 valence electrons. The monoisotopic (exact) mass is 257 g/mol. The summed E-state index contributed by atoms with van der Waals surface area (Å²) in [5.41, 5.74) is 6.51. The molecule has 0 saturated heterocycles. The second-order valence-electron chi connectivity index (χ2n) is 3.78. The van der Waals surface area contributed by atoms with Gasteiger partial charge in [-0.15, -0.1) is 0 Å². The van der Waals surface area contributed by atoms with Crippen molar-refractivity contribution in [2.24, 2.45) is 0 Å². The van der Waals surface area contributed by atoms with Crippen molar-refractivity contribution in [1.29, 1.82) is 0 Å². The lowest BCUT2D eigenvalue weighted by molar-refractivity contribution is 0.313. The van der Waals surface area contributed by atoms with E-state index < -0.39 is 0 Å². The molecular weight excluding hydrogens is 246 g/mol. The van der Waals surface area contributed by atoms with E-state index in [2.05, 4.69) is 9.97 Å². The molecule has 2 N–H and O–H groups in total. The van der Waals surface area contributed by atoms with E-state index >= 15 is 0 Å². The van der Waals surface area contributed by atoms with Crippen LogP contribution in [-0.4, -0.2) is 9.97 Å². The quantitative estimate of drug-likeness (QED) is 0.783. The largest absolute Gasteiger partial charge is 0.487 e. The minimum atomic E-state index is 0.475. The van der Waals surface area contributed by atoms with Gasteiger partial charge in [0.2, 0.25) is 0 Å². The number of nitrogen functional groups attached to an aromatic ring is 1. The predicted molar refractivity (Wildman–Crippen MR) is 72.6 cm³/mol. The lowest BCUT2D eigenvalue weighted by Gasteiger charge is -2.07. The maximum Gasteiger partial charge on any atom is 0.180 e. The molecule has 0 spiro atoms. The highest BCUT2D eigenvalue weighted by Gasteiger charge is 2.04. The van der Waals surface area contributed by atoms with Gasteiger partial charge in [-0.2, -0.15) is 0 Å². The van der Waals surface area contributed by atoms with E-state index in [1.54, 1.807) is 12.4 Å². The predicted octanol–water partition coefficient (Wildman–Crippen LogP) is 2.85. The van der Waals surface area contributed by atoms with E-state index in [4.69, 9.17) is 10.5 Å². The Morgan fingerprint density at radius 1 is 1.17 bits per heavy atom. The molecule has 0 aliphatic heterocycles. The maximum absolute atomic E-state index is 5.79. The van der Waals surface area contributed by atoms with Gasteiger partial charge < -0.3 is 10.5 Å². The van der Waals surface area contributed by atoms with E-state index in [0.29, 0.717) is 11.7 Å². The molecule has 0 aliphatic rings. The SMILES string of the molecule is Nc1ncc(COc2cccc3ncccc23)s1. The Kier molecular flexibility index (Phi) is 2.82. The Morgan fingerprint density at radius 2 is 2.11 bits per heavy atom. The number of ether oxygens (including phenoxy) is 1. The van der Waals surface area contributed by atoms with Crippen molar-refractivity contribution < 1.29 is 4.74 Å². The van der Waals surface area contributed by atoms with E-state index in [1.807, 2.05) is 30.3 Å². The standard InChI is InChI=1S/C13H11N3OS/c14-13-16-7-9(18-13)8-17-12-5-1-4-11-10(12)3-2-6-15-11/h1-7H,8H2,(H2,14,16). The van der Waals surface area contributed by atoms with Crippen molar-refractivity contribution in [2.75, 3.05) is 5.73 Å². The second kappa shape index (κ2) is 4.62. The van der Waals surface area contributed by atoms with Crippen molar-refractivity contribution in [3.8, 4) is 5.75 Å². The number of fused-ring (bicyclic) bond motifs is 1. The fourth-order valence-corrected chi connectivity index (χ4v) is 2.34. The number of pyridine rings is 1. The molecule has 3 rings (SSSR count). The third kappa shape index (κ3) is 2.12. The fourth-order valence-electron chi connectivity index (χ4n) is 1.74. The third-order valence-electron chi connectivity index (χ3n) is 2.55. The maximum atomic E-state index is 5.79. The molecule has 0 bridgehead atoms. The van der Waals surface area contributed by atoms with Gasteiger partial charge in [0, 0.05) is 17.8 Å². The zero-order chi connectivity index (χ0) is 12.4. The molecule has 0 atom stereocenters. The first-order valence-electron chi connectivity index (χ1n) is 5.49. The van der Waals surface area contributed by atoms with Gasteiger partial charge in [0.1, 0.15) is 12.4 Å². The second-order valence-corrected chi connectivity index (χ2v) is 4.93. The molecule has 1 aromatic carbocycles. The van der Waals surface area contributed by atoms with Gasteiger partial charge in [-0.1, -0.05) is 17.4 Å². The number of aromatic nitrogens is 2. The lowest BCUT2D eigenvalue weighted by Crippen LogP contribution is -1.94. The van der Waals surface area contributed by atoms with Crippen LogP contribution in [0.4, 0.5) is 5.13 Å². The minimum absolute atomic E-state index is 0.475. The minimum Gasteiger partial charge on any atom is -0.487 e. The number of benzene rings is 1. The number of anilines is 1. The smallest absolute Gasteiger partial charge is 0.180 e. The molecule has 2 aromatic heterocycles. The highest BCUT2D eigenvalue weighted by atomic mass is 32.1. The molecule has 0 aliphatic carbocycles. The summed E-state index contributed by atoms with van der Waals surface area (Å²) in [5.74, 6) is 0.826. The Hall–Kier alpha value is -2.14. The summed E-state index contributed by atoms with van der Waals surface area (Å²) < 4.78 is 5.79. The van der Waals surface area contributed by atoms with Crippen LogP contribution in [0.25, 0.3) is 10.9 Å². The Morgan fingerprint density at radius 3 is 2.94 bits per heavy atom. The first-order valence-corrected chi connectivity index (χ1v) is 6.31. The summed E-state index contributed by atoms with van der Waals surface area (Å²) in [6, 6.07) is 9.74. The molecule has 0 saturated carbocycles. The van der Waals surface area contributed by atoms with Gasteiger partial charge in [-0.25, -0.2) is 4.98 Å². The molecule has 18 heavy (non-hydrogen) atoms. The summed E-state index contributed by atoms with van der Waals surface area (Å²) in [7, 11) is 0. The van der Waals surface area contributed by atoms with Gasteiger partial charge in [0.15, 0.2) is 5.13 Å². The van der Waals surface area contributed by atoms with Gasteiger partial charge in [0.05, 0.1) is 10.4 Å². The average Bonchev–Trinajstić information content (AvgIpc) is 2.82. The molecule has 2 heterocycles. The molecule has 0 unspecified atom stereocenters. The number of rotatable bonds is 3. The number of nitrogens with two attached hydrogens (primary N) is 1. The van der Waals surface area contributed by atoms with Crippen LogP contribution in [0, 0.1) is 0 Å². The number of hydrogen-bond acceptors (Lipinski definition) is 5. The van der Waals surface area contributed by atoms with Crippen LogP contribution in [0.2, 0.25) is 0 Å². The summed E-state index contributed by atoms with van der Waals surface area (Å²) in [4.78, 5) is 9.29. The van der Waals surface area contributed by atoms with Crippen LogP contribution in [0.1, 0.15) is 4.88 Å². The number of hydrogen-bond donors (Lipinski definition) is 1. The first kappa shape index (κ1) is 11.0. The Labute approximate surface area is 108 Å². The van der Waals surface area contributed by atoms with Crippen molar-refractivity contribution in [1.82, 2.24) is 9.97 Å². The van der Waals surface area contributed by atoms with Gasteiger partial charge >= 0.3 is 0 Å². The van der Waals surface area contributed by atoms with Crippen molar-refractivity contribution >= 4 is 27.4 Å². The molecule has 0 amide bonds. The normalized spacial score (nSPS) is 10.7. The van der Waals surface area contributed by atoms with Crippen LogP contribution in [-0.2, 0) is 6.61 Å². The topological polar surface area (TPSA) is 61.0 Å². The third-order valence-corrected chi connectivity index (χ3v) is 3.35. The lowest BCUT2D eigenvalue weighted by atomic mass is 10.2. The zero-order valence-electron chi connectivity index (χ0n) is 9.54. The van der Waals surface area contributed by atoms with Gasteiger partial charge in [-0.05, 0) is 24.3 Å². The number of nitrogens with zero attached hydrogens (tertiary/aromatic N) is 2. The first-order chi connectivity index (χ1) is 8.83. The summed E-state index contributed by atoms with van der Waals surface area (Å²) in [6.07, 6.45) is 3.51.